The van der Waals surface area contributed by atoms with E-state index in [2.05, 4.69) is 36.6 Å². The minimum absolute atomic E-state index is 0.765. The fourth-order valence-electron chi connectivity index (χ4n) is 2.17. The fourth-order valence-corrected chi connectivity index (χ4v) is 2.17. The number of carbonyl (C=O) groups excluding carboxylic acids is 1. The third kappa shape index (κ3) is 2.31. The Labute approximate surface area is 102 Å². The maximum atomic E-state index is 11.2. The second-order valence-corrected chi connectivity index (χ2v) is 4.24. The molecule has 0 fully saturated rings. The van der Waals surface area contributed by atoms with Crippen molar-refractivity contribution in [3.63, 3.8) is 0 Å². The molecule has 88 valence electrons. The Morgan fingerprint density at radius 1 is 1.24 bits per heavy atom. The van der Waals surface area contributed by atoms with Crippen LogP contribution in [0.4, 0.5) is 0 Å². The normalized spacial score (nSPS) is 10.5. The molecule has 0 saturated carbocycles. The number of aldehydes is 1. The van der Waals surface area contributed by atoms with E-state index in [-0.39, 0.29) is 0 Å². The number of carbonyl (C=O) groups is 1. The van der Waals surface area contributed by atoms with Crippen LogP contribution in [-0.2, 0) is 13.0 Å². The molecule has 2 aromatic rings. The Morgan fingerprint density at radius 2 is 1.94 bits per heavy atom. The summed E-state index contributed by atoms with van der Waals surface area (Å²) < 4.78 is 2.08. The Hall–Kier alpha value is -1.83. The monoisotopic (exact) mass is 227 g/mol. The quantitative estimate of drug-likeness (QED) is 0.735. The van der Waals surface area contributed by atoms with Gasteiger partial charge in [-0.2, -0.15) is 0 Å². The molecule has 0 atom stereocenters. The second kappa shape index (κ2) is 5.00. The lowest BCUT2D eigenvalue weighted by molar-refractivity contribution is 0.111. The number of benzene rings is 1. The molecule has 1 aromatic heterocycles. The summed E-state index contributed by atoms with van der Waals surface area (Å²) in [6.07, 6.45) is 1.87. The fraction of sp³-hybridized carbons (Fsp3) is 0.267. The predicted molar refractivity (Wildman–Crippen MR) is 69.5 cm³/mol. The largest absolute Gasteiger partial charge is 0.338 e. The van der Waals surface area contributed by atoms with Crippen LogP contribution < -0.4 is 0 Å². The predicted octanol–water partition coefficient (Wildman–Crippen LogP) is 3.22. The number of rotatable bonds is 4. The Morgan fingerprint density at radius 3 is 2.53 bits per heavy atom. The number of hydrogen-bond acceptors (Lipinski definition) is 1. The molecule has 0 amide bonds. The molecule has 0 N–H and O–H groups in total. The standard InChI is InChI=1S/C15H17NO/c1-3-14-9-12(2)16(15(14)11-17)10-13-7-5-4-6-8-13/h4-9,11H,3,10H2,1-2H3. The average molecular weight is 227 g/mol. The van der Waals surface area contributed by atoms with Crippen LogP contribution in [0.25, 0.3) is 0 Å². The van der Waals surface area contributed by atoms with Gasteiger partial charge in [0.2, 0.25) is 0 Å². The molecule has 2 rings (SSSR count). The van der Waals surface area contributed by atoms with E-state index in [1.807, 2.05) is 18.2 Å². The van der Waals surface area contributed by atoms with E-state index in [9.17, 15) is 4.79 Å². The zero-order valence-corrected chi connectivity index (χ0v) is 10.3. The minimum Gasteiger partial charge on any atom is -0.338 e. The molecule has 0 unspecified atom stereocenters. The highest BCUT2D eigenvalue weighted by Crippen LogP contribution is 2.16. The first-order chi connectivity index (χ1) is 8.26. The molecule has 2 heteroatoms. The van der Waals surface area contributed by atoms with Gasteiger partial charge in [-0.3, -0.25) is 4.79 Å². The van der Waals surface area contributed by atoms with Crippen LogP contribution in [0.3, 0.4) is 0 Å². The van der Waals surface area contributed by atoms with Crippen molar-refractivity contribution in [3.05, 3.63) is 58.9 Å². The van der Waals surface area contributed by atoms with Crippen molar-refractivity contribution in [2.75, 3.05) is 0 Å². The molecule has 1 heterocycles. The van der Waals surface area contributed by atoms with Crippen molar-refractivity contribution >= 4 is 6.29 Å². The van der Waals surface area contributed by atoms with Crippen LogP contribution in [0.15, 0.2) is 36.4 Å². The summed E-state index contributed by atoms with van der Waals surface area (Å²) in [5, 5.41) is 0. The number of hydrogen-bond donors (Lipinski definition) is 0. The maximum Gasteiger partial charge on any atom is 0.166 e. The van der Waals surface area contributed by atoms with E-state index < -0.39 is 0 Å². The second-order valence-electron chi connectivity index (χ2n) is 4.24. The van der Waals surface area contributed by atoms with Crippen molar-refractivity contribution in [3.8, 4) is 0 Å². The highest BCUT2D eigenvalue weighted by Gasteiger charge is 2.10. The average Bonchev–Trinajstić information content (AvgIpc) is 2.67. The summed E-state index contributed by atoms with van der Waals surface area (Å²) in [5.74, 6) is 0. The van der Waals surface area contributed by atoms with Crippen LogP contribution in [0.2, 0.25) is 0 Å². The van der Waals surface area contributed by atoms with Crippen molar-refractivity contribution < 1.29 is 4.79 Å². The topological polar surface area (TPSA) is 22.0 Å². The third-order valence-corrected chi connectivity index (χ3v) is 3.10. The van der Waals surface area contributed by atoms with Crippen molar-refractivity contribution in [1.29, 1.82) is 0 Å². The first-order valence-corrected chi connectivity index (χ1v) is 5.94. The smallest absolute Gasteiger partial charge is 0.166 e. The Bertz CT molecular complexity index is 511. The SMILES string of the molecule is CCc1cc(C)n(Cc2ccccc2)c1C=O. The highest BCUT2D eigenvalue weighted by atomic mass is 16.1. The molecule has 17 heavy (non-hydrogen) atoms. The highest BCUT2D eigenvalue weighted by molar-refractivity contribution is 5.75. The molecule has 0 aliphatic carbocycles. The minimum atomic E-state index is 0.765. The van der Waals surface area contributed by atoms with Gasteiger partial charge in [-0.15, -0.1) is 0 Å². The van der Waals surface area contributed by atoms with Crippen molar-refractivity contribution in [2.45, 2.75) is 26.8 Å². The molecule has 1 aromatic carbocycles. The van der Waals surface area contributed by atoms with Gasteiger partial charge in [0.05, 0.1) is 5.69 Å². The molecule has 0 saturated heterocycles. The first-order valence-electron chi connectivity index (χ1n) is 5.94. The number of aromatic nitrogens is 1. The van der Waals surface area contributed by atoms with Gasteiger partial charge in [0.1, 0.15) is 0 Å². The van der Waals surface area contributed by atoms with Gasteiger partial charge < -0.3 is 4.57 Å². The number of aryl methyl sites for hydroxylation is 2. The van der Waals surface area contributed by atoms with Gasteiger partial charge in [0, 0.05) is 12.2 Å². The summed E-state index contributed by atoms with van der Waals surface area (Å²) in [4.78, 5) is 11.2. The molecule has 0 bridgehead atoms. The number of nitrogens with zero attached hydrogens (tertiary/aromatic N) is 1. The van der Waals surface area contributed by atoms with E-state index in [0.717, 1.165) is 36.2 Å². The molecule has 0 radical (unpaired) electrons. The van der Waals surface area contributed by atoms with Crippen LogP contribution in [-0.4, -0.2) is 10.9 Å². The Balaban J connectivity index is 2.38. The van der Waals surface area contributed by atoms with E-state index in [1.54, 1.807) is 0 Å². The van der Waals surface area contributed by atoms with Gasteiger partial charge in [0.25, 0.3) is 0 Å². The third-order valence-electron chi connectivity index (χ3n) is 3.10. The summed E-state index contributed by atoms with van der Waals surface area (Å²) in [7, 11) is 0. The van der Waals surface area contributed by atoms with E-state index in [1.165, 1.54) is 5.56 Å². The molecular formula is C15H17NO. The van der Waals surface area contributed by atoms with Gasteiger partial charge in [-0.1, -0.05) is 37.3 Å². The van der Waals surface area contributed by atoms with Gasteiger partial charge in [-0.25, -0.2) is 0 Å². The molecule has 0 spiro atoms. The zero-order chi connectivity index (χ0) is 12.3. The summed E-state index contributed by atoms with van der Waals surface area (Å²) in [5.41, 5.74) is 4.31. The molecule has 2 nitrogen and oxygen atoms in total. The summed E-state index contributed by atoms with van der Waals surface area (Å²) >= 11 is 0. The lowest BCUT2D eigenvalue weighted by Crippen LogP contribution is -2.06. The lowest BCUT2D eigenvalue weighted by atomic mass is 10.2. The van der Waals surface area contributed by atoms with Crippen molar-refractivity contribution in [2.24, 2.45) is 0 Å². The lowest BCUT2D eigenvalue weighted by Gasteiger charge is -2.09. The van der Waals surface area contributed by atoms with Crippen LogP contribution in [0.5, 0.6) is 0 Å². The van der Waals surface area contributed by atoms with E-state index in [4.69, 9.17) is 0 Å². The first kappa shape index (κ1) is 11.6. The van der Waals surface area contributed by atoms with Gasteiger partial charge in [-0.05, 0) is 30.5 Å². The van der Waals surface area contributed by atoms with E-state index in [0.29, 0.717) is 0 Å². The molecule has 0 aliphatic rings. The molecule has 0 aliphatic heterocycles. The van der Waals surface area contributed by atoms with Gasteiger partial charge in [0.15, 0.2) is 6.29 Å². The van der Waals surface area contributed by atoms with Gasteiger partial charge >= 0.3 is 0 Å². The van der Waals surface area contributed by atoms with Crippen molar-refractivity contribution in [1.82, 2.24) is 4.57 Å². The van der Waals surface area contributed by atoms with Crippen LogP contribution in [0, 0.1) is 6.92 Å². The molecular weight excluding hydrogens is 210 g/mol. The van der Waals surface area contributed by atoms with E-state index >= 15 is 0 Å². The maximum absolute atomic E-state index is 11.2. The van der Waals surface area contributed by atoms with Crippen LogP contribution in [0.1, 0.15) is 34.2 Å². The summed E-state index contributed by atoms with van der Waals surface area (Å²) in [6, 6.07) is 12.3. The van der Waals surface area contributed by atoms with Crippen LogP contribution >= 0.6 is 0 Å². The Kier molecular flexibility index (Phi) is 3.43. The summed E-state index contributed by atoms with van der Waals surface area (Å²) in [6.45, 7) is 4.89. The zero-order valence-electron chi connectivity index (χ0n) is 10.3.